The second-order valence-electron chi connectivity index (χ2n) is 4.81. The number of hydrogen-bond acceptors (Lipinski definition) is 4. The van der Waals surface area contributed by atoms with Gasteiger partial charge in [0.1, 0.15) is 11.9 Å². The number of likely N-dealkylation sites (N-methyl/N-ethyl adjacent to an activating group) is 1. The number of rotatable bonds is 3. The minimum Gasteiger partial charge on any atom is -0.376 e. The summed E-state index contributed by atoms with van der Waals surface area (Å²) in [7, 11) is 1.97. The fourth-order valence-electron chi connectivity index (χ4n) is 2.31. The molecule has 1 fully saturated rings. The molecule has 1 aromatic rings. The number of pyridine rings is 1. The Morgan fingerprint density at radius 3 is 3.06 bits per heavy atom. The Kier molecular flexibility index (Phi) is 4.16. The summed E-state index contributed by atoms with van der Waals surface area (Å²) < 4.78 is 5.72. The molecule has 0 spiro atoms. The van der Waals surface area contributed by atoms with Crippen molar-refractivity contribution in [3.8, 4) is 6.07 Å². The second-order valence-corrected chi connectivity index (χ2v) is 4.81. The molecular formula is C14H19N3O. The van der Waals surface area contributed by atoms with Gasteiger partial charge in [0.25, 0.3) is 0 Å². The van der Waals surface area contributed by atoms with Crippen molar-refractivity contribution < 1.29 is 4.74 Å². The lowest BCUT2D eigenvalue weighted by Gasteiger charge is -2.28. The molecule has 1 saturated heterocycles. The van der Waals surface area contributed by atoms with Crippen molar-refractivity contribution in [1.82, 2.24) is 4.98 Å². The van der Waals surface area contributed by atoms with Gasteiger partial charge in [-0.25, -0.2) is 4.98 Å². The molecule has 0 amide bonds. The maximum atomic E-state index is 9.21. The maximum absolute atomic E-state index is 9.21. The van der Waals surface area contributed by atoms with Crippen LogP contribution in [-0.2, 0) is 4.74 Å². The van der Waals surface area contributed by atoms with E-state index in [1.165, 1.54) is 6.42 Å². The van der Waals surface area contributed by atoms with Gasteiger partial charge in [-0.05, 0) is 37.8 Å². The van der Waals surface area contributed by atoms with Gasteiger partial charge in [-0.2, -0.15) is 5.26 Å². The van der Waals surface area contributed by atoms with E-state index < -0.39 is 0 Å². The molecule has 96 valence electrons. The Hall–Kier alpha value is -1.60. The molecular weight excluding hydrogens is 226 g/mol. The molecule has 1 unspecified atom stereocenters. The van der Waals surface area contributed by atoms with Crippen LogP contribution < -0.4 is 4.90 Å². The summed E-state index contributed by atoms with van der Waals surface area (Å²) in [5.41, 5.74) is 1.63. The summed E-state index contributed by atoms with van der Waals surface area (Å²) in [5.74, 6) is 0.756. The number of aryl methyl sites for hydroxylation is 1. The summed E-state index contributed by atoms with van der Waals surface area (Å²) in [4.78, 5) is 6.35. The van der Waals surface area contributed by atoms with E-state index in [4.69, 9.17) is 4.74 Å². The first-order valence-corrected chi connectivity index (χ1v) is 6.41. The molecule has 1 aromatic heterocycles. The number of nitrogens with zero attached hydrogens (tertiary/aromatic N) is 3. The molecule has 1 aliphatic heterocycles. The van der Waals surface area contributed by atoms with Gasteiger partial charge >= 0.3 is 0 Å². The van der Waals surface area contributed by atoms with Crippen molar-refractivity contribution in [2.24, 2.45) is 0 Å². The van der Waals surface area contributed by atoms with E-state index in [0.29, 0.717) is 5.56 Å². The fourth-order valence-corrected chi connectivity index (χ4v) is 2.31. The number of hydrogen-bond donors (Lipinski definition) is 0. The normalized spacial score (nSPS) is 19.3. The minimum atomic E-state index is 0.262. The highest BCUT2D eigenvalue weighted by atomic mass is 16.5. The van der Waals surface area contributed by atoms with Crippen LogP contribution in [0.3, 0.4) is 0 Å². The predicted molar refractivity (Wildman–Crippen MR) is 70.6 cm³/mol. The molecule has 0 aromatic carbocycles. The number of nitriles is 1. The van der Waals surface area contributed by atoms with Crippen molar-refractivity contribution >= 4 is 5.82 Å². The molecule has 2 heterocycles. The van der Waals surface area contributed by atoms with Crippen LogP contribution >= 0.6 is 0 Å². The van der Waals surface area contributed by atoms with Crippen molar-refractivity contribution in [2.45, 2.75) is 32.3 Å². The van der Waals surface area contributed by atoms with Gasteiger partial charge in [-0.15, -0.1) is 0 Å². The molecule has 1 aliphatic rings. The first kappa shape index (κ1) is 12.8. The average Bonchev–Trinajstić information content (AvgIpc) is 2.39. The highest BCUT2D eigenvalue weighted by molar-refractivity contribution is 5.56. The molecule has 0 bridgehead atoms. The maximum Gasteiger partial charge on any atom is 0.146 e. The van der Waals surface area contributed by atoms with E-state index in [1.54, 1.807) is 6.20 Å². The van der Waals surface area contributed by atoms with E-state index in [1.807, 2.05) is 24.9 Å². The van der Waals surface area contributed by atoms with Crippen LogP contribution in [0.5, 0.6) is 0 Å². The molecule has 1 atom stereocenters. The number of ether oxygens (including phenoxy) is 1. The molecule has 0 radical (unpaired) electrons. The summed E-state index contributed by atoms with van der Waals surface area (Å²) in [6.07, 6.45) is 5.50. The zero-order chi connectivity index (χ0) is 13.0. The van der Waals surface area contributed by atoms with Crippen LogP contribution in [0.25, 0.3) is 0 Å². The second kappa shape index (κ2) is 5.83. The minimum absolute atomic E-state index is 0.262. The van der Waals surface area contributed by atoms with E-state index in [-0.39, 0.29) is 6.10 Å². The van der Waals surface area contributed by atoms with E-state index in [2.05, 4.69) is 11.1 Å². The topological polar surface area (TPSA) is 49.2 Å². The van der Waals surface area contributed by atoms with Crippen LogP contribution in [0.1, 0.15) is 30.4 Å². The zero-order valence-electron chi connectivity index (χ0n) is 11.0. The van der Waals surface area contributed by atoms with Crippen molar-refractivity contribution in [1.29, 1.82) is 5.26 Å². The smallest absolute Gasteiger partial charge is 0.146 e. The number of aromatic nitrogens is 1. The Morgan fingerprint density at radius 1 is 1.56 bits per heavy atom. The van der Waals surface area contributed by atoms with Crippen LogP contribution in [0.2, 0.25) is 0 Å². The SMILES string of the molecule is Cc1ccnc(N(C)CC2CCCCO2)c1C#N. The van der Waals surface area contributed by atoms with Gasteiger partial charge in [0.05, 0.1) is 11.7 Å². The van der Waals surface area contributed by atoms with Gasteiger partial charge in [0.15, 0.2) is 0 Å². The lowest BCUT2D eigenvalue weighted by molar-refractivity contribution is 0.0215. The first-order valence-electron chi connectivity index (χ1n) is 6.41. The standard InChI is InChI=1S/C14H19N3O/c1-11-6-7-16-14(13(11)9-15)17(2)10-12-5-3-4-8-18-12/h6-7,12H,3-5,8,10H2,1-2H3. The molecule has 4 heteroatoms. The zero-order valence-corrected chi connectivity index (χ0v) is 11.0. The summed E-state index contributed by atoms with van der Waals surface area (Å²) >= 11 is 0. The van der Waals surface area contributed by atoms with Crippen LogP contribution in [0, 0.1) is 18.3 Å². The lowest BCUT2D eigenvalue weighted by atomic mass is 10.1. The summed E-state index contributed by atoms with van der Waals surface area (Å²) in [6.45, 7) is 3.59. The third-order valence-electron chi connectivity index (χ3n) is 3.36. The molecule has 0 saturated carbocycles. The van der Waals surface area contributed by atoms with Crippen LogP contribution in [0.15, 0.2) is 12.3 Å². The van der Waals surface area contributed by atoms with Crippen LogP contribution in [-0.4, -0.2) is 31.3 Å². The Balaban J connectivity index is 2.11. The van der Waals surface area contributed by atoms with Gasteiger partial charge in [-0.3, -0.25) is 0 Å². The highest BCUT2D eigenvalue weighted by Crippen LogP contribution is 2.21. The summed E-state index contributed by atoms with van der Waals surface area (Å²) in [5, 5.41) is 9.21. The predicted octanol–water partition coefficient (Wildman–Crippen LogP) is 2.27. The molecule has 0 N–H and O–H groups in total. The lowest BCUT2D eigenvalue weighted by Crippen LogP contribution is -2.34. The van der Waals surface area contributed by atoms with Gasteiger partial charge in [0, 0.05) is 26.4 Å². The Bertz CT molecular complexity index is 447. The van der Waals surface area contributed by atoms with Gasteiger partial charge in [-0.1, -0.05) is 0 Å². The fraction of sp³-hybridized carbons (Fsp3) is 0.571. The van der Waals surface area contributed by atoms with Crippen molar-refractivity contribution in [3.63, 3.8) is 0 Å². The van der Waals surface area contributed by atoms with E-state index in [0.717, 1.165) is 37.4 Å². The largest absolute Gasteiger partial charge is 0.376 e. The highest BCUT2D eigenvalue weighted by Gasteiger charge is 2.18. The Morgan fingerprint density at radius 2 is 2.39 bits per heavy atom. The van der Waals surface area contributed by atoms with Crippen LogP contribution in [0.4, 0.5) is 5.82 Å². The van der Waals surface area contributed by atoms with Crippen molar-refractivity contribution in [3.05, 3.63) is 23.4 Å². The monoisotopic (exact) mass is 245 g/mol. The van der Waals surface area contributed by atoms with Gasteiger partial charge in [0.2, 0.25) is 0 Å². The molecule has 4 nitrogen and oxygen atoms in total. The number of anilines is 1. The quantitative estimate of drug-likeness (QED) is 0.819. The van der Waals surface area contributed by atoms with E-state index >= 15 is 0 Å². The van der Waals surface area contributed by atoms with Crippen molar-refractivity contribution in [2.75, 3.05) is 25.1 Å². The third-order valence-corrected chi connectivity index (χ3v) is 3.36. The van der Waals surface area contributed by atoms with Gasteiger partial charge < -0.3 is 9.64 Å². The third kappa shape index (κ3) is 2.80. The van der Waals surface area contributed by atoms with E-state index in [9.17, 15) is 5.26 Å². The molecule has 18 heavy (non-hydrogen) atoms. The summed E-state index contributed by atoms with van der Waals surface area (Å²) in [6, 6.07) is 4.11. The molecule has 2 rings (SSSR count). The molecule has 0 aliphatic carbocycles. The first-order chi connectivity index (χ1) is 8.72. The Labute approximate surface area is 108 Å². The average molecular weight is 245 g/mol.